The second-order valence-corrected chi connectivity index (χ2v) is 6.25. The highest BCUT2D eigenvalue weighted by Crippen LogP contribution is 2.49. The summed E-state index contributed by atoms with van der Waals surface area (Å²) < 4.78 is 1.13. The summed E-state index contributed by atoms with van der Waals surface area (Å²) in [5, 5.41) is 0. The zero-order valence-corrected chi connectivity index (χ0v) is 12.1. The summed E-state index contributed by atoms with van der Waals surface area (Å²) in [7, 11) is 0. The summed E-state index contributed by atoms with van der Waals surface area (Å²) in [6.45, 7) is 4.54. The van der Waals surface area contributed by atoms with Crippen LogP contribution in [0, 0.1) is 3.57 Å². The van der Waals surface area contributed by atoms with Gasteiger partial charge in [0.05, 0.1) is 0 Å². The normalized spacial score (nSPS) is 15.5. The Kier molecular flexibility index (Phi) is 2.27. The Hall–Kier alpha value is -1.03. The Bertz CT molecular complexity index is 614. The van der Waals surface area contributed by atoms with Crippen LogP contribution < -0.4 is 5.73 Å². The van der Waals surface area contributed by atoms with Crippen LogP contribution >= 0.6 is 22.6 Å². The monoisotopic (exact) mass is 335 g/mol. The molecule has 0 saturated heterocycles. The van der Waals surface area contributed by atoms with Crippen molar-refractivity contribution in [3.8, 4) is 11.1 Å². The summed E-state index contributed by atoms with van der Waals surface area (Å²) >= 11 is 2.30. The summed E-state index contributed by atoms with van der Waals surface area (Å²) in [4.78, 5) is 0. The number of hydrogen-bond acceptors (Lipinski definition) is 1. The molecule has 0 bridgehead atoms. The first-order chi connectivity index (χ1) is 8.01. The van der Waals surface area contributed by atoms with Crippen molar-refractivity contribution in [3.63, 3.8) is 0 Å². The van der Waals surface area contributed by atoms with Crippen molar-refractivity contribution in [1.82, 2.24) is 0 Å². The van der Waals surface area contributed by atoms with E-state index in [1.54, 1.807) is 0 Å². The molecule has 2 N–H and O–H groups in total. The molecule has 2 heteroatoms. The Morgan fingerprint density at radius 3 is 2.47 bits per heavy atom. The second-order valence-electron chi connectivity index (χ2n) is 5.09. The van der Waals surface area contributed by atoms with Crippen molar-refractivity contribution >= 4 is 28.3 Å². The summed E-state index contributed by atoms with van der Waals surface area (Å²) in [6.07, 6.45) is 0. The molecule has 0 heterocycles. The minimum Gasteiger partial charge on any atom is -0.398 e. The zero-order valence-electron chi connectivity index (χ0n) is 9.92. The number of benzene rings is 2. The van der Waals surface area contributed by atoms with Crippen LogP contribution in [0.2, 0.25) is 0 Å². The van der Waals surface area contributed by atoms with Crippen LogP contribution in [0.25, 0.3) is 11.1 Å². The predicted molar refractivity (Wildman–Crippen MR) is 81.1 cm³/mol. The van der Waals surface area contributed by atoms with Crippen molar-refractivity contribution in [1.29, 1.82) is 0 Å². The standard InChI is InChI=1S/C15H14IN/c1-15(2)11-6-4-3-5-9(11)10-7-13(16)14(17)8-12(10)15/h3-8H,17H2,1-2H3. The number of nitrogen functional groups attached to an aromatic ring is 1. The number of fused-ring (bicyclic) bond motifs is 3. The molecular formula is C15H14IN. The first kappa shape index (κ1) is 11.1. The van der Waals surface area contributed by atoms with Gasteiger partial charge in [-0.2, -0.15) is 0 Å². The van der Waals surface area contributed by atoms with Crippen molar-refractivity contribution < 1.29 is 0 Å². The Morgan fingerprint density at radius 2 is 1.71 bits per heavy atom. The van der Waals surface area contributed by atoms with Gasteiger partial charge in [-0.05, 0) is 57.0 Å². The molecule has 1 aliphatic carbocycles. The summed E-state index contributed by atoms with van der Waals surface area (Å²) in [5.41, 5.74) is 12.4. The van der Waals surface area contributed by atoms with E-state index in [9.17, 15) is 0 Å². The minimum absolute atomic E-state index is 0.0599. The van der Waals surface area contributed by atoms with Crippen LogP contribution in [0.4, 0.5) is 5.69 Å². The fourth-order valence-electron chi connectivity index (χ4n) is 2.74. The van der Waals surface area contributed by atoms with Crippen molar-refractivity contribution in [2.24, 2.45) is 0 Å². The molecule has 0 atom stereocenters. The van der Waals surface area contributed by atoms with Crippen molar-refractivity contribution in [3.05, 3.63) is 51.1 Å². The molecule has 0 fully saturated rings. The lowest BCUT2D eigenvalue weighted by atomic mass is 9.82. The third-order valence-electron chi connectivity index (χ3n) is 3.70. The largest absolute Gasteiger partial charge is 0.398 e. The molecule has 86 valence electrons. The number of anilines is 1. The number of hydrogen-bond donors (Lipinski definition) is 1. The van der Waals surface area contributed by atoms with Gasteiger partial charge in [0.15, 0.2) is 0 Å². The lowest BCUT2D eigenvalue weighted by Crippen LogP contribution is -2.15. The molecule has 1 aliphatic rings. The van der Waals surface area contributed by atoms with Gasteiger partial charge in [0.25, 0.3) is 0 Å². The van der Waals surface area contributed by atoms with E-state index in [1.807, 2.05) is 0 Å². The van der Waals surface area contributed by atoms with E-state index in [-0.39, 0.29) is 5.41 Å². The van der Waals surface area contributed by atoms with Gasteiger partial charge in [-0.25, -0.2) is 0 Å². The minimum atomic E-state index is 0.0599. The quantitative estimate of drug-likeness (QED) is 0.567. The van der Waals surface area contributed by atoms with E-state index in [2.05, 4.69) is 72.8 Å². The fraction of sp³-hybridized carbons (Fsp3) is 0.200. The molecule has 2 aromatic carbocycles. The molecule has 3 rings (SSSR count). The average molecular weight is 335 g/mol. The number of nitrogens with two attached hydrogens (primary N) is 1. The van der Waals surface area contributed by atoms with E-state index in [4.69, 9.17) is 5.73 Å². The molecular weight excluding hydrogens is 321 g/mol. The van der Waals surface area contributed by atoms with Gasteiger partial charge in [-0.15, -0.1) is 0 Å². The third kappa shape index (κ3) is 1.43. The van der Waals surface area contributed by atoms with Crippen LogP contribution in [-0.2, 0) is 5.41 Å². The molecule has 0 spiro atoms. The molecule has 1 nitrogen and oxygen atoms in total. The van der Waals surface area contributed by atoms with Gasteiger partial charge in [-0.3, -0.25) is 0 Å². The fourth-order valence-corrected chi connectivity index (χ4v) is 3.21. The maximum Gasteiger partial charge on any atom is 0.0453 e. The van der Waals surface area contributed by atoms with Crippen molar-refractivity contribution in [2.45, 2.75) is 19.3 Å². The molecule has 2 aromatic rings. The highest BCUT2D eigenvalue weighted by Gasteiger charge is 2.35. The molecule has 0 unspecified atom stereocenters. The topological polar surface area (TPSA) is 26.0 Å². The lowest BCUT2D eigenvalue weighted by molar-refractivity contribution is 0.660. The van der Waals surface area contributed by atoms with Crippen molar-refractivity contribution in [2.75, 3.05) is 5.73 Å². The van der Waals surface area contributed by atoms with E-state index >= 15 is 0 Å². The Balaban J connectivity index is 2.40. The molecule has 0 amide bonds. The van der Waals surface area contributed by atoms with E-state index in [1.165, 1.54) is 22.3 Å². The summed E-state index contributed by atoms with van der Waals surface area (Å²) in [5.74, 6) is 0. The first-order valence-corrected chi connectivity index (χ1v) is 6.79. The maximum atomic E-state index is 6.04. The smallest absolute Gasteiger partial charge is 0.0453 e. The third-order valence-corrected chi connectivity index (χ3v) is 4.63. The van der Waals surface area contributed by atoms with Gasteiger partial charge in [0.1, 0.15) is 0 Å². The molecule has 0 saturated carbocycles. The summed E-state index contributed by atoms with van der Waals surface area (Å²) in [6, 6.07) is 13.0. The van der Waals surface area contributed by atoms with Gasteiger partial charge in [0, 0.05) is 14.7 Å². The van der Waals surface area contributed by atoms with Crippen LogP contribution in [0.15, 0.2) is 36.4 Å². The van der Waals surface area contributed by atoms with Gasteiger partial charge in [0.2, 0.25) is 0 Å². The molecule has 0 aromatic heterocycles. The first-order valence-electron chi connectivity index (χ1n) is 5.71. The molecule has 0 radical (unpaired) electrons. The van der Waals surface area contributed by atoms with Crippen LogP contribution in [0.3, 0.4) is 0 Å². The van der Waals surface area contributed by atoms with Gasteiger partial charge < -0.3 is 5.73 Å². The second kappa shape index (κ2) is 3.48. The van der Waals surface area contributed by atoms with E-state index in [0.29, 0.717) is 0 Å². The lowest BCUT2D eigenvalue weighted by Gasteiger charge is -2.21. The predicted octanol–water partition coefficient (Wildman–Crippen LogP) is 4.18. The molecule has 0 aliphatic heterocycles. The van der Waals surface area contributed by atoms with Gasteiger partial charge >= 0.3 is 0 Å². The van der Waals surface area contributed by atoms with Gasteiger partial charge in [-0.1, -0.05) is 38.1 Å². The van der Waals surface area contributed by atoms with E-state index < -0.39 is 0 Å². The van der Waals surface area contributed by atoms with Crippen LogP contribution in [0.5, 0.6) is 0 Å². The van der Waals surface area contributed by atoms with Crippen LogP contribution in [-0.4, -0.2) is 0 Å². The highest BCUT2D eigenvalue weighted by atomic mass is 127. The number of halogens is 1. The SMILES string of the molecule is CC1(C)c2ccccc2-c2cc(I)c(N)cc21. The van der Waals surface area contributed by atoms with E-state index in [0.717, 1.165) is 9.26 Å². The Morgan fingerprint density at radius 1 is 1.00 bits per heavy atom. The van der Waals surface area contributed by atoms with Crippen LogP contribution in [0.1, 0.15) is 25.0 Å². The maximum absolute atomic E-state index is 6.04. The highest BCUT2D eigenvalue weighted by molar-refractivity contribution is 14.1. The average Bonchev–Trinajstić information content (AvgIpc) is 2.51. The number of rotatable bonds is 0. The zero-order chi connectivity index (χ0) is 12.2. The molecule has 17 heavy (non-hydrogen) atoms. The Labute approximate surface area is 115 Å².